The summed E-state index contributed by atoms with van der Waals surface area (Å²) in [4.78, 5) is 0.165. The molecule has 1 atom stereocenters. The summed E-state index contributed by atoms with van der Waals surface area (Å²) in [6, 6.07) is 4.64. The standard InChI is InChI=1S/C13H21NO4S/c1-5-13(3,15)9-14-19(16,17)11-6-7-12(18-4)10(2)8-11/h6-8,14-15H,5,9H2,1-4H3. The highest BCUT2D eigenvalue weighted by Gasteiger charge is 2.22. The highest BCUT2D eigenvalue weighted by atomic mass is 32.2. The van der Waals surface area contributed by atoms with E-state index in [4.69, 9.17) is 4.74 Å². The van der Waals surface area contributed by atoms with Gasteiger partial charge in [-0.15, -0.1) is 0 Å². The minimum Gasteiger partial charge on any atom is -0.496 e. The lowest BCUT2D eigenvalue weighted by molar-refractivity contribution is 0.0613. The summed E-state index contributed by atoms with van der Waals surface area (Å²) in [6.45, 7) is 5.15. The molecule has 0 heterocycles. The average Bonchev–Trinajstić information content (AvgIpc) is 2.36. The van der Waals surface area contributed by atoms with Crippen molar-refractivity contribution < 1.29 is 18.3 Å². The molecule has 1 rings (SSSR count). The number of benzene rings is 1. The number of aryl methyl sites for hydroxylation is 1. The predicted molar refractivity (Wildman–Crippen MR) is 73.8 cm³/mol. The maximum absolute atomic E-state index is 12.1. The number of hydrogen-bond acceptors (Lipinski definition) is 4. The van der Waals surface area contributed by atoms with Crippen molar-refractivity contribution in [2.75, 3.05) is 13.7 Å². The minimum absolute atomic E-state index is 0.0170. The van der Waals surface area contributed by atoms with Crippen LogP contribution < -0.4 is 9.46 Å². The SMILES string of the molecule is CCC(C)(O)CNS(=O)(=O)c1ccc(OC)c(C)c1. The maximum atomic E-state index is 12.1. The molecule has 0 aromatic heterocycles. The molecule has 2 N–H and O–H groups in total. The van der Waals surface area contributed by atoms with E-state index in [0.717, 1.165) is 5.56 Å². The van der Waals surface area contributed by atoms with Gasteiger partial charge in [0, 0.05) is 6.54 Å². The largest absolute Gasteiger partial charge is 0.496 e. The van der Waals surface area contributed by atoms with E-state index in [1.165, 1.54) is 13.2 Å². The molecule has 0 aliphatic heterocycles. The van der Waals surface area contributed by atoms with Gasteiger partial charge in [-0.2, -0.15) is 0 Å². The fourth-order valence-electron chi connectivity index (χ4n) is 1.48. The molecule has 0 fully saturated rings. The van der Waals surface area contributed by atoms with Crippen molar-refractivity contribution in [3.63, 3.8) is 0 Å². The summed E-state index contributed by atoms with van der Waals surface area (Å²) < 4.78 is 31.7. The Hall–Kier alpha value is -1.11. The molecule has 1 unspecified atom stereocenters. The molecule has 0 aliphatic carbocycles. The van der Waals surface area contributed by atoms with Crippen molar-refractivity contribution in [1.29, 1.82) is 0 Å². The smallest absolute Gasteiger partial charge is 0.240 e. The second-order valence-electron chi connectivity index (χ2n) is 4.81. The van der Waals surface area contributed by atoms with Crippen LogP contribution in [-0.2, 0) is 10.0 Å². The van der Waals surface area contributed by atoms with Crippen LogP contribution in [0, 0.1) is 6.92 Å². The van der Waals surface area contributed by atoms with Gasteiger partial charge in [0.15, 0.2) is 0 Å². The van der Waals surface area contributed by atoms with Crippen LogP contribution in [0.5, 0.6) is 5.75 Å². The molecule has 0 saturated heterocycles. The van der Waals surface area contributed by atoms with Crippen LogP contribution in [0.15, 0.2) is 23.1 Å². The summed E-state index contributed by atoms with van der Waals surface area (Å²) in [5, 5.41) is 9.82. The van der Waals surface area contributed by atoms with Gasteiger partial charge in [0.05, 0.1) is 17.6 Å². The number of rotatable bonds is 6. The average molecular weight is 287 g/mol. The van der Waals surface area contributed by atoms with Crippen molar-refractivity contribution in [2.24, 2.45) is 0 Å². The number of hydrogen-bond donors (Lipinski definition) is 2. The van der Waals surface area contributed by atoms with Crippen LogP contribution in [0.25, 0.3) is 0 Å². The van der Waals surface area contributed by atoms with Crippen molar-refractivity contribution >= 4 is 10.0 Å². The van der Waals surface area contributed by atoms with E-state index in [9.17, 15) is 13.5 Å². The molecule has 0 amide bonds. The second-order valence-corrected chi connectivity index (χ2v) is 6.57. The Balaban J connectivity index is 2.92. The van der Waals surface area contributed by atoms with Crippen molar-refractivity contribution in [2.45, 2.75) is 37.7 Å². The van der Waals surface area contributed by atoms with Crippen LogP contribution >= 0.6 is 0 Å². The zero-order valence-corrected chi connectivity index (χ0v) is 12.5. The molecule has 0 radical (unpaired) electrons. The number of aliphatic hydroxyl groups is 1. The lowest BCUT2D eigenvalue weighted by atomic mass is 10.1. The van der Waals surface area contributed by atoms with E-state index in [1.807, 2.05) is 0 Å². The molecule has 0 saturated carbocycles. The number of methoxy groups -OCH3 is 1. The molecule has 108 valence electrons. The van der Waals surface area contributed by atoms with Gasteiger partial charge in [-0.3, -0.25) is 0 Å². The van der Waals surface area contributed by atoms with E-state index in [2.05, 4.69) is 4.72 Å². The Kier molecular flexibility index (Phi) is 4.95. The maximum Gasteiger partial charge on any atom is 0.240 e. The van der Waals surface area contributed by atoms with Gasteiger partial charge in [-0.05, 0) is 44.0 Å². The highest BCUT2D eigenvalue weighted by Crippen LogP contribution is 2.21. The minimum atomic E-state index is -3.62. The Morgan fingerprint density at radius 2 is 2.05 bits per heavy atom. The molecular formula is C13H21NO4S. The Morgan fingerprint density at radius 1 is 1.42 bits per heavy atom. The fraction of sp³-hybridized carbons (Fsp3) is 0.538. The number of nitrogens with one attached hydrogen (secondary N) is 1. The van der Waals surface area contributed by atoms with Crippen LogP contribution in [0.2, 0.25) is 0 Å². The van der Waals surface area contributed by atoms with Crippen LogP contribution in [0.1, 0.15) is 25.8 Å². The van der Waals surface area contributed by atoms with Gasteiger partial charge in [-0.25, -0.2) is 13.1 Å². The normalized spacial score (nSPS) is 15.0. The first kappa shape index (κ1) is 15.9. The second kappa shape index (κ2) is 5.90. The predicted octanol–water partition coefficient (Wildman–Crippen LogP) is 1.44. The van der Waals surface area contributed by atoms with E-state index in [1.54, 1.807) is 32.9 Å². The molecule has 0 spiro atoms. The summed E-state index contributed by atoms with van der Waals surface area (Å²) in [6.07, 6.45) is 0.469. The van der Waals surface area contributed by atoms with E-state index in [0.29, 0.717) is 12.2 Å². The first-order valence-corrected chi connectivity index (χ1v) is 7.57. The van der Waals surface area contributed by atoms with Gasteiger partial charge in [0.25, 0.3) is 0 Å². The van der Waals surface area contributed by atoms with E-state index in [-0.39, 0.29) is 11.4 Å². The van der Waals surface area contributed by atoms with Crippen LogP contribution in [0.4, 0.5) is 0 Å². The molecule has 19 heavy (non-hydrogen) atoms. The highest BCUT2D eigenvalue weighted by molar-refractivity contribution is 7.89. The monoisotopic (exact) mass is 287 g/mol. The van der Waals surface area contributed by atoms with Crippen molar-refractivity contribution in [3.05, 3.63) is 23.8 Å². The first-order valence-electron chi connectivity index (χ1n) is 6.08. The Bertz CT molecular complexity index is 538. The number of ether oxygens (including phenoxy) is 1. The molecule has 5 nitrogen and oxygen atoms in total. The summed E-state index contributed by atoms with van der Waals surface area (Å²) in [5.41, 5.74) is -0.304. The first-order chi connectivity index (χ1) is 8.72. The molecule has 6 heteroatoms. The van der Waals surface area contributed by atoms with E-state index >= 15 is 0 Å². The quantitative estimate of drug-likeness (QED) is 0.830. The van der Waals surface area contributed by atoms with Gasteiger partial charge in [-0.1, -0.05) is 6.92 Å². The lowest BCUT2D eigenvalue weighted by Crippen LogP contribution is -2.40. The Labute approximate surface area is 114 Å². The number of sulfonamides is 1. The zero-order chi connectivity index (χ0) is 14.7. The topological polar surface area (TPSA) is 75.6 Å². The third kappa shape index (κ3) is 4.19. The zero-order valence-electron chi connectivity index (χ0n) is 11.7. The van der Waals surface area contributed by atoms with Gasteiger partial charge < -0.3 is 9.84 Å². The van der Waals surface area contributed by atoms with E-state index < -0.39 is 15.6 Å². The van der Waals surface area contributed by atoms with Crippen LogP contribution in [0.3, 0.4) is 0 Å². The van der Waals surface area contributed by atoms with Crippen molar-refractivity contribution in [3.8, 4) is 5.75 Å². The third-order valence-electron chi connectivity index (χ3n) is 3.08. The van der Waals surface area contributed by atoms with Gasteiger partial charge >= 0.3 is 0 Å². The molecule has 0 bridgehead atoms. The van der Waals surface area contributed by atoms with Gasteiger partial charge in [0.1, 0.15) is 5.75 Å². The molecular weight excluding hydrogens is 266 g/mol. The third-order valence-corrected chi connectivity index (χ3v) is 4.48. The Morgan fingerprint density at radius 3 is 2.53 bits per heavy atom. The van der Waals surface area contributed by atoms with Crippen molar-refractivity contribution in [1.82, 2.24) is 4.72 Å². The molecule has 1 aromatic rings. The lowest BCUT2D eigenvalue weighted by Gasteiger charge is -2.21. The molecule has 1 aromatic carbocycles. The van der Waals surface area contributed by atoms with Crippen LogP contribution in [-0.4, -0.2) is 32.8 Å². The summed E-state index contributed by atoms with van der Waals surface area (Å²) in [7, 11) is -2.08. The summed E-state index contributed by atoms with van der Waals surface area (Å²) in [5.74, 6) is 0.638. The fourth-order valence-corrected chi connectivity index (χ4v) is 2.72. The summed E-state index contributed by atoms with van der Waals surface area (Å²) >= 11 is 0. The molecule has 0 aliphatic rings. The van der Waals surface area contributed by atoms with Gasteiger partial charge in [0.2, 0.25) is 10.0 Å².